The lowest BCUT2D eigenvalue weighted by Crippen LogP contribution is -2.61. The van der Waals surface area contributed by atoms with Crippen molar-refractivity contribution in [3.05, 3.63) is 29.8 Å². The lowest BCUT2D eigenvalue weighted by Gasteiger charge is -2.38. The van der Waals surface area contributed by atoms with E-state index in [9.17, 15) is 53.7 Å². The number of carbonyl (C=O) groups excluding carboxylic acids is 8. The van der Waals surface area contributed by atoms with Crippen LogP contribution < -0.4 is 27.0 Å². The van der Waals surface area contributed by atoms with E-state index in [1.807, 2.05) is 0 Å². The molecule has 0 aliphatic carbocycles. The van der Waals surface area contributed by atoms with Gasteiger partial charge in [-0.3, -0.25) is 38.4 Å². The molecule has 2 fully saturated rings. The molecule has 0 spiro atoms. The summed E-state index contributed by atoms with van der Waals surface area (Å²) in [5.74, 6) is -11.2. The van der Waals surface area contributed by atoms with Gasteiger partial charge in [-0.2, -0.15) is 0 Å². The van der Waals surface area contributed by atoms with Gasteiger partial charge in [0.25, 0.3) is 0 Å². The monoisotopic (exact) mass is 969 g/mol. The molecule has 2 aliphatic rings. The minimum absolute atomic E-state index is 0.0462. The third-order valence-electron chi connectivity index (χ3n) is 13.7. The van der Waals surface area contributed by atoms with Crippen LogP contribution in [0.1, 0.15) is 156 Å². The number of benzene rings is 1. The molecule has 69 heavy (non-hydrogen) atoms. The van der Waals surface area contributed by atoms with Gasteiger partial charge in [-0.1, -0.05) is 104 Å². The minimum Gasteiger partial charge on any atom is -0.508 e. The Hall–Kier alpha value is -5.23. The molecule has 1 aromatic carbocycles. The molecule has 386 valence electrons. The largest absolute Gasteiger partial charge is 0.508 e. The summed E-state index contributed by atoms with van der Waals surface area (Å²) in [5, 5.41) is 50.9. The number of aliphatic hydroxyl groups is 2. The van der Waals surface area contributed by atoms with Gasteiger partial charge in [0.1, 0.15) is 23.9 Å². The van der Waals surface area contributed by atoms with E-state index in [0.717, 1.165) is 32.1 Å². The molecule has 18 nitrogen and oxygen atoms in total. The fraction of sp³-hybridized carbons (Fsp3) is 0.706. The van der Waals surface area contributed by atoms with Gasteiger partial charge < -0.3 is 52.5 Å². The van der Waals surface area contributed by atoms with Crippen LogP contribution in [0.2, 0.25) is 0 Å². The van der Waals surface area contributed by atoms with Gasteiger partial charge in [-0.05, 0) is 75.5 Å². The van der Waals surface area contributed by atoms with Crippen LogP contribution in [0, 0.1) is 35.0 Å². The minimum atomic E-state index is -1.71. The Bertz CT molecular complexity index is 1910. The zero-order valence-electron chi connectivity index (χ0n) is 41.6. The van der Waals surface area contributed by atoms with Crippen molar-refractivity contribution in [2.75, 3.05) is 0 Å². The van der Waals surface area contributed by atoms with Crippen molar-refractivity contribution in [2.24, 2.45) is 35.3 Å². The molecule has 2 saturated heterocycles. The van der Waals surface area contributed by atoms with Gasteiger partial charge in [0.05, 0.1) is 36.6 Å². The second kappa shape index (κ2) is 29.1. The van der Waals surface area contributed by atoms with Crippen molar-refractivity contribution in [2.45, 2.75) is 200 Å². The number of aliphatic hydroxyl groups excluding tert-OH is 2. The average molecular weight is 969 g/mol. The molecule has 2 heterocycles. The summed E-state index contributed by atoms with van der Waals surface area (Å²) in [5.41, 5.74) is 6.32. The number of phenolic OH excluding ortho intramolecular Hbond substituents is 1. The van der Waals surface area contributed by atoms with Crippen molar-refractivity contribution in [3.63, 3.8) is 0 Å². The number of hydrogen-bond donors (Lipinski definition) is 9. The SMILES string of the molecule is CCCCCCCCCCCC(CC(C)=N)C(O)CC(=O)NC1C(=O)NC(C(C)CC)C(=O)CC(Cc2ccc(O)cc2)C(=O)NC(C(C)O)C(=O)NC(CCC(N)=O)C(=O)C2CC1OC(=O)C2C. The highest BCUT2D eigenvalue weighted by molar-refractivity contribution is 5.99. The number of aromatic hydroxyl groups is 1. The average Bonchev–Trinajstić information content (AvgIpc) is 3.29. The van der Waals surface area contributed by atoms with Crippen molar-refractivity contribution in [1.82, 2.24) is 21.3 Å². The van der Waals surface area contributed by atoms with Gasteiger partial charge in [0.2, 0.25) is 29.5 Å². The van der Waals surface area contributed by atoms with Gasteiger partial charge >= 0.3 is 5.97 Å². The number of nitrogens with two attached hydrogens (primary N) is 1. The summed E-state index contributed by atoms with van der Waals surface area (Å²) in [4.78, 5) is 112. The lowest BCUT2D eigenvalue weighted by molar-refractivity contribution is -0.171. The summed E-state index contributed by atoms with van der Waals surface area (Å²) in [6.45, 7) is 9.97. The Morgan fingerprint density at radius 1 is 0.855 bits per heavy atom. The first-order valence-corrected chi connectivity index (χ1v) is 25.1. The number of Topliss-reactive ketones (excluding diaryl/α,β-unsaturated/α-hetero) is 2. The van der Waals surface area contributed by atoms with Crippen molar-refractivity contribution in [1.29, 1.82) is 5.41 Å². The summed E-state index contributed by atoms with van der Waals surface area (Å²) in [6, 6.07) is -0.227. The first kappa shape index (κ1) is 58.1. The normalized spacial score (nSPS) is 25.7. The Kier molecular flexibility index (Phi) is 24.5. The van der Waals surface area contributed by atoms with E-state index in [-0.39, 0.29) is 37.9 Å². The highest BCUT2D eigenvalue weighted by atomic mass is 16.5. The van der Waals surface area contributed by atoms with E-state index >= 15 is 0 Å². The molecule has 5 amide bonds. The number of esters is 1. The molecule has 1 aromatic rings. The molecule has 0 radical (unpaired) electrons. The molecule has 18 heteroatoms. The molecule has 10 N–H and O–H groups in total. The molecule has 12 atom stereocenters. The van der Waals surface area contributed by atoms with Gasteiger partial charge in [-0.15, -0.1) is 0 Å². The molecule has 2 aliphatic heterocycles. The van der Waals surface area contributed by atoms with E-state index < -0.39 is 132 Å². The third-order valence-corrected chi connectivity index (χ3v) is 13.7. The summed E-state index contributed by atoms with van der Waals surface area (Å²) >= 11 is 0. The molecular formula is C51H80N6O12. The van der Waals surface area contributed by atoms with Crippen LogP contribution in [0.25, 0.3) is 0 Å². The maximum atomic E-state index is 14.7. The molecule has 0 aromatic heterocycles. The first-order valence-electron chi connectivity index (χ1n) is 25.1. The van der Waals surface area contributed by atoms with Crippen LogP contribution in [0.3, 0.4) is 0 Å². The predicted octanol–water partition coefficient (Wildman–Crippen LogP) is 4.01. The van der Waals surface area contributed by atoms with Gasteiger partial charge in [-0.25, -0.2) is 0 Å². The van der Waals surface area contributed by atoms with Crippen LogP contribution in [0.5, 0.6) is 5.75 Å². The maximum absolute atomic E-state index is 14.7. The number of fused-ring (bicyclic) bond motifs is 2. The number of ketones is 2. The number of ether oxygens (including phenoxy) is 1. The van der Waals surface area contributed by atoms with E-state index in [0.29, 0.717) is 24.1 Å². The van der Waals surface area contributed by atoms with Crippen molar-refractivity contribution < 1.29 is 58.4 Å². The molecule has 3 rings (SSSR count). The topological polar surface area (TPSA) is 304 Å². The van der Waals surface area contributed by atoms with Crippen molar-refractivity contribution >= 4 is 52.8 Å². The molecule has 12 unspecified atom stereocenters. The third kappa shape index (κ3) is 18.9. The second-order valence-corrected chi connectivity index (χ2v) is 19.6. The summed E-state index contributed by atoms with van der Waals surface area (Å²) < 4.78 is 5.79. The lowest BCUT2D eigenvalue weighted by atomic mass is 9.78. The number of primary amides is 1. The zero-order valence-corrected chi connectivity index (χ0v) is 41.6. The van der Waals surface area contributed by atoms with Crippen LogP contribution in [-0.2, 0) is 49.5 Å². The van der Waals surface area contributed by atoms with E-state index in [1.165, 1.54) is 51.7 Å². The van der Waals surface area contributed by atoms with Gasteiger partial charge in [0.15, 0.2) is 11.6 Å². The van der Waals surface area contributed by atoms with Crippen LogP contribution in [-0.4, -0.2) is 111 Å². The van der Waals surface area contributed by atoms with Crippen LogP contribution >= 0.6 is 0 Å². The standard InChI is InChI=1S/C51H80N6O12/c1-7-9-10-11-12-13-14-15-16-17-34(24-30(4)52)39(60)28-43(63)55-46-41-27-37(31(5)51(68)69-41)47(64)38(22-23-42(53)62)54-49(66)45(32(6)58)57-48(65)35(25-33-18-20-36(59)21-19-33)26-40(61)44(29(3)8-2)56-50(46)67/h18-21,29,31-32,34-35,37-39,41,44-46,52,58-60H,7-17,22-28H2,1-6H3,(H2,53,62)(H,54,66)(H,55,63)(H,56,67)(H,57,65). The zero-order chi connectivity index (χ0) is 51.4. The summed E-state index contributed by atoms with van der Waals surface area (Å²) in [7, 11) is 0. The molecule has 2 bridgehead atoms. The Labute approximate surface area is 407 Å². The highest BCUT2D eigenvalue weighted by Gasteiger charge is 2.48. The number of unbranched alkanes of at least 4 members (excludes halogenated alkanes) is 8. The van der Waals surface area contributed by atoms with E-state index in [4.69, 9.17) is 15.9 Å². The molecule has 0 saturated carbocycles. The van der Waals surface area contributed by atoms with Gasteiger partial charge in [0, 0.05) is 30.4 Å². The van der Waals surface area contributed by atoms with Crippen molar-refractivity contribution in [3.8, 4) is 5.75 Å². The van der Waals surface area contributed by atoms with Crippen LogP contribution in [0.4, 0.5) is 0 Å². The number of hydrogen-bond acceptors (Lipinski definition) is 13. The molecular weight excluding hydrogens is 889 g/mol. The Balaban J connectivity index is 2.07. The number of carbonyl (C=O) groups is 8. The number of rotatable bonds is 24. The number of amides is 5. The fourth-order valence-corrected chi connectivity index (χ4v) is 9.28. The fourth-order valence-electron chi connectivity index (χ4n) is 9.28. The quantitative estimate of drug-likeness (QED) is 0.0404. The number of phenols is 1. The predicted molar refractivity (Wildman–Crippen MR) is 258 cm³/mol. The first-order chi connectivity index (χ1) is 32.7. The Morgan fingerprint density at radius 2 is 1.46 bits per heavy atom. The maximum Gasteiger partial charge on any atom is 0.309 e. The smallest absolute Gasteiger partial charge is 0.309 e. The van der Waals surface area contributed by atoms with Crippen LogP contribution in [0.15, 0.2) is 24.3 Å². The highest BCUT2D eigenvalue weighted by Crippen LogP contribution is 2.32. The second-order valence-electron chi connectivity index (χ2n) is 19.6. The van der Waals surface area contributed by atoms with E-state index in [1.54, 1.807) is 32.9 Å². The van der Waals surface area contributed by atoms with E-state index in [2.05, 4.69) is 28.2 Å². The Morgan fingerprint density at radius 3 is 2.04 bits per heavy atom. The number of nitrogens with one attached hydrogen (secondary N) is 5. The summed E-state index contributed by atoms with van der Waals surface area (Å²) in [6.07, 6.45) is 4.65.